The summed E-state index contributed by atoms with van der Waals surface area (Å²) in [5.41, 5.74) is 7.91. The maximum absolute atomic E-state index is 12.6. The van der Waals surface area contributed by atoms with Crippen molar-refractivity contribution in [1.82, 2.24) is 4.90 Å². The summed E-state index contributed by atoms with van der Waals surface area (Å²) in [5.74, 6) is 0.250. The summed E-state index contributed by atoms with van der Waals surface area (Å²) < 4.78 is 0. The Morgan fingerprint density at radius 2 is 1.85 bits per heavy atom. The number of rotatable bonds is 5. The lowest BCUT2D eigenvalue weighted by Gasteiger charge is -2.33. The maximum atomic E-state index is 12.6. The van der Waals surface area contributed by atoms with E-state index in [1.54, 1.807) is 0 Å². The van der Waals surface area contributed by atoms with Gasteiger partial charge >= 0.3 is 0 Å². The number of benzene rings is 1. The second-order valence-corrected chi connectivity index (χ2v) is 5.62. The number of likely N-dealkylation sites (N-methyl/N-ethyl adjacent to an activating group) is 1. The maximum Gasteiger partial charge on any atom is 0.227 e. The van der Waals surface area contributed by atoms with Crippen LogP contribution in [0.4, 0.5) is 0 Å². The van der Waals surface area contributed by atoms with Crippen molar-refractivity contribution in [3.8, 4) is 0 Å². The molecule has 110 valence electrons. The van der Waals surface area contributed by atoms with Crippen molar-refractivity contribution >= 4 is 5.91 Å². The van der Waals surface area contributed by atoms with Crippen LogP contribution < -0.4 is 5.73 Å². The van der Waals surface area contributed by atoms with Gasteiger partial charge in [0.05, 0.1) is 6.42 Å². The monoisotopic (exact) mass is 274 g/mol. The Morgan fingerprint density at radius 3 is 2.45 bits per heavy atom. The van der Waals surface area contributed by atoms with Gasteiger partial charge in [-0.15, -0.1) is 0 Å². The van der Waals surface area contributed by atoms with E-state index in [9.17, 15) is 4.79 Å². The first-order chi connectivity index (χ1) is 9.76. The molecule has 0 heterocycles. The molecule has 1 aliphatic rings. The van der Waals surface area contributed by atoms with E-state index >= 15 is 0 Å². The zero-order chi connectivity index (χ0) is 14.4. The standard InChI is InChI=1S/C17H26N2O/c1-2-19(16-10-4-3-5-11-16)17(20)12-14-8-6-7-9-15(14)13-18/h6-9,16H,2-5,10-13,18H2,1H3. The van der Waals surface area contributed by atoms with Gasteiger partial charge in [0.15, 0.2) is 0 Å². The molecule has 1 aliphatic carbocycles. The van der Waals surface area contributed by atoms with Crippen LogP contribution in [0.25, 0.3) is 0 Å². The molecule has 1 fully saturated rings. The van der Waals surface area contributed by atoms with Crippen LogP contribution in [-0.4, -0.2) is 23.4 Å². The van der Waals surface area contributed by atoms with Crippen molar-refractivity contribution < 1.29 is 4.79 Å². The number of hydrogen-bond donors (Lipinski definition) is 1. The molecule has 20 heavy (non-hydrogen) atoms. The lowest BCUT2D eigenvalue weighted by atomic mass is 9.93. The zero-order valence-corrected chi connectivity index (χ0v) is 12.5. The first-order valence-corrected chi connectivity index (χ1v) is 7.82. The first-order valence-electron chi connectivity index (χ1n) is 7.82. The highest BCUT2D eigenvalue weighted by Gasteiger charge is 2.24. The van der Waals surface area contributed by atoms with E-state index in [1.807, 2.05) is 24.3 Å². The van der Waals surface area contributed by atoms with E-state index in [0.717, 1.165) is 30.5 Å². The SMILES string of the molecule is CCN(C(=O)Cc1ccccc1CN)C1CCCCC1. The molecule has 1 aromatic carbocycles. The minimum absolute atomic E-state index is 0.250. The second kappa shape index (κ2) is 7.44. The highest BCUT2D eigenvalue weighted by atomic mass is 16.2. The Hall–Kier alpha value is -1.35. The number of amides is 1. The molecule has 0 spiro atoms. The fraction of sp³-hybridized carbons (Fsp3) is 0.588. The summed E-state index contributed by atoms with van der Waals surface area (Å²) in [6.45, 7) is 3.40. The van der Waals surface area contributed by atoms with E-state index in [2.05, 4.69) is 11.8 Å². The second-order valence-electron chi connectivity index (χ2n) is 5.62. The van der Waals surface area contributed by atoms with Gasteiger partial charge in [-0.25, -0.2) is 0 Å². The minimum atomic E-state index is 0.250. The van der Waals surface area contributed by atoms with Crippen LogP contribution in [0, 0.1) is 0 Å². The van der Waals surface area contributed by atoms with Crippen molar-refractivity contribution in [3.05, 3.63) is 35.4 Å². The smallest absolute Gasteiger partial charge is 0.227 e. The van der Waals surface area contributed by atoms with Crippen molar-refractivity contribution in [3.63, 3.8) is 0 Å². The Bertz CT molecular complexity index is 438. The molecule has 0 aromatic heterocycles. The topological polar surface area (TPSA) is 46.3 Å². The number of nitrogens with zero attached hydrogens (tertiary/aromatic N) is 1. The summed E-state index contributed by atoms with van der Waals surface area (Å²) in [6, 6.07) is 8.45. The van der Waals surface area contributed by atoms with Gasteiger partial charge in [-0.2, -0.15) is 0 Å². The van der Waals surface area contributed by atoms with Crippen LogP contribution in [0.1, 0.15) is 50.2 Å². The van der Waals surface area contributed by atoms with Crippen molar-refractivity contribution in [2.24, 2.45) is 5.73 Å². The van der Waals surface area contributed by atoms with Gasteiger partial charge in [-0.05, 0) is 30.9 Å². The van der Waals surface area contributed by atoms with E-state index < -0.39 is 0 Å². The molecule has 0 radical (unpaired) electrons. The molecule has 1 amide bonds. The molecular weight excluding hydrogens is 248 g/mol. The first kappa shape index (κ1) is 15.0. The summed E-state index contributed by atoms with van der Waals surface area (Å²) in [4.78, 5) is 14.7. The van der Waals surface area contributed by atoms with Gasteiger partial charge in [0.25, 0.3) is 0 Å². The van der Waals surface area contributed by atoms with Crippen molar-refractivity contribution in [2.75, 3.05) is 6.54 Å². The van der Waals surface area contributed by atoms with E-state index in [4.69, 9.17) is 5.73 Å². The van der Waals surface area contributed by atoms with Gasteiger partial charge in [-0.1, -0.05) is 43.5 Å². The van der Waals surface area contributed by atoms with Crippen LogP contribution in [-0.2, 0) is 17.8 Å². The lowest BCUT2D eigenvalue weighted by molar-refractivity contribution is -0.133. The van der Waals surface area contributed by atoms with E-state index in [-0.39, 0.29) is 5.91 Å². The highest BCUT2D eigenvalue weighted by molar-refractivity contribution is 5.79. The molecule has 0 saturated heterocycles. The molecule has 1 aromatic rings. The quantitative estimate of drug-likeness (QED) is 0.897. The lowest BCUT2D eigenvalue weighted by Crippen LogP contribution is -2.42. The molecule has 3 heteroatoms. The molecule has 0 bridgehead atoms. The summed E-state index contributed by atoms with van der Waals surface area (Å²) in [5, 5.41) is 0. The van der Waals surface area contributed by atoms with E-state index in [0.29, 0.717) is 19.0 Å². The number of nitrogens with two attached hydrogens (primary N) is 1. The average Bonchev–Trinajstić information content (AvgIpc) is 2.49. The predicted octanol–water partition coefficient (Wildman–Crippen LogP) is 2.87. The van der Waals surface area contributed by atoms with Gasteiger partial charge in [0, 0.05) is 19.1 Å². The molecule has 0 atom stereocenters. The van der Waals surface area contributed by atoms with Crippen LogP contribution in [0.3, 0.4) is 0 Å². The van der Waals surface area contributed by atoms with Crippen molar-refractivity contribution in [2.45, 2.75) is 58.0 Å². The zero-order valence-electron chi connectivity index (χ0n) is 12.5. The third-order valence-corrected chi connectivity index (χ3v) is 4.36. The third-order valence-electron chi connectivity index (χ3n) is 4.36. The van der Waals surface area contributed by atoms with Crippen LogP contribution in [0.2, 0.25) is 0 Å². The normalized spacial score (nSPS) is 16.1. The molecule has 0 aliphatic heterocycles. The predicted molar refractivity (Wildman–Crippen MR) is 82.3 cm³/mol. The Morgan fingerprint density at radius 1 is 1.20 bits per heavy atom. The Kier molecular flexibility index (Phi) is 5.60. The summed E-state index contributed by atoms with van der Waals surface area (Å²) in [7, 11) is 0. The molecular formula is C17H26N2O. The average molecular weight is 274 g/mol. The van der Waals surface area contributed by atoms with Crippen LogP contribution in [0.15, 0.2) is 24.3 Å². The molecule has 2 rings (SSSR count). The van der Waals surface area contributed by atoms with Gasteiger partial charge in [0.2, 0.25) is 5.91 Å². The van der Waals surface area contributed by atoms with Gasteiger partial charge in [0.1, 0.15) is 0 Å². The van der Waals surface area contributed by atoms with Crippen LogP contribution in [0.5, 0.6) is 0 Å². The van der Waals surface area contributed by atoms with E-state index in [1.165, 1.54) is 19.3 Å². The molecule has 3 nitrogen and oxygen atoms in total. The van der Waals surface area contributed by atoms with Crippen LogP contribution >= 0.6 is 0 Å². The highest BCUT2D eigenvalue weighted by Crippen LogP contribution is 2.23. The molecule has 0 unspecified atom stereocenters. The largest absolute Gasteiger partial charge is 0.340 e. The Balaban J connectivity index is 2.05. The Labute approximate surface area is 122 Å². The molecule has 2 N–H and O–H groups in total. The third kappa shape index (κ3) is 3.60. The number of hydrogen-bond acceptors (Lipinski definition) is 2. The fourth-order valence-corrected chi connectivity index (χ4v) is 3.22. The van der Waals surface area contributed by atoms with Crippen molar-refractivity contribution in [1.29, 1.82) is 0 Å². The fourth-order valence-electron chi connectivity index (χ4n) is 3.22. The summed E-state index contributed by atoms with van der Waals surface area (Å²) >= 11 is 0. The van der Waals surface area contributed by atoms with Gasteiger partial charge in [-0.3, -0.25) is 4.79 Å². The minimum Gasteiger partial charge on any atom is -0.340 e. The van der Waals surface area contributed by atoms with Gasteiger partial charge < -0.3 is 10.6 Å². The number of carbonyl (C=O) groups is 1. The molecule has 1 saturated carbocycles. The number of carbonyl (C=O) groups excluding carboxylic acids is 1. The summed E-state index contributed by atoms with van der Waals surface area (Å²) in [6.07, 6.45) is 6.65.